The van der Waals surface area contributed by atoms with Crippen LogP contribution in [0.5, 0.6) is 5.75 Å². The lowest BCUT2D eigenvalue weighted by Crippen LogP contribution is -2.30. The quantitative estimate of drug-likeness (QED) is 0.669. The summed E-state index contributed by atoms with van der Waals surface area (Å²) < 4.78 is 29.1. The van der Waals surface area contributed by atoms with Crippen LogP contribution >= 0.6 is 0 Å². The van der Waals surface area contributed by atoms with E-state index >= 15 is 0 Å². The highest BCUT2D eigenvalue weighted by Crippen LogP contribution is 2.20. The Morgan fingerprint density at radius 1 is 1.19 bits per heavy atom. The van der Waals surface area contributed by atoms with Gasteiger partial charge in [-0.1, -0.05) is 36.9 Å². The highest BCUT2D eigenvalue weighted by molar-refractivity contribution is 7.90. The zero-order valence-corrected chi connectivity index (χ0v) is 16.3. The standard InChI is InChI=1S/C20H24N2O4S/c1-4-13-26-17-11-9-16(10-12-17)14-22(2)15-20(23)21-18-7-5-6-8-19(18)27(3,24)25/h4-12H,1,13-15H2,2-3H3,(H,21,23). The molecule has 0 bridgehead atoms. The number of sulfone groups is 1. The van der Waals surface area contributed by atoms with Gasteiger partial charge in [-0.25, -0.2) is 8.42 Å². The molecule has 0 radical (unpaired) electrons. The number of likely N-dealkylation sites (N-methyl/N-ethyl adjacent to an activating group) is 1. The zero-order valence-electron chi connectivity index (χ0n) is 15.5. The van der Waals surface area contributed by atoms with E-state index < -0.39 is 9.84 Å². The molecule has 0 atom stereocenters. The first-order valence-electron chi connectivity index (χ1n) is 8.39. The first-order chi connectivity index (χ1) is 12.8. The molecule has 6 nitrogen and oxygen atoms in total. The first-order valence-corrected chi connectivity index (χ1v) is 10.3. The van der Waals surface area contributed by atoms with E-state index in [1.807, 2.05) is 36.2 Å². The summed E-state index contributed by atoms with van der Waals surface area (Å²) in [6.45, 7) is 4.76. The van der Waals surface area contributed by atoms with Gasteiger partial charge in [0.05, 0.1) is 17.1 Å². The molecule has 0 saturated heterocycles. The second kappa shape index (κ2) is 9.34. The number of hydrogen-bond acceptors (Lipinski definition) is 5. The summed E-state index contributed by atoms with van der Waals surface area (Å²) in [5.74, 6) is 0.482. The number of ether oxygens (including phenoxy) is 1. The number of benzene rings is 2. The zero-order chi connectivity index (χ0) is 19.9. The van der Waals surface area contributed by atoms with Gasteiger partial charge in [0.15, 0.2) is 9.84 Å². The van der Waals surface area contributed by atoms with Gasteiger partial charge in [0.2, 0.25) is 5.91 Å². The van der Waals surface area contributed by atoms with Crippen molar-refractivity contribution in [2.45, 2.75) is 11.4 Å². The highest BCUT2D eigenvalue weighted by atomic mass is 32.2. The molecule has 0 heterocycles. The van der Waals surface area contributed by atoms with E-state index in [-0.39, 0.29) is 17.3 Å². The van der Waals surface area contributed by atoms with Gasteiger partial charge in [-0.3, -0.25) is 9.69 Å². The lowest BCUT2D eigenvalue weighted by atomic mass is 10.2. The number of carbonyl (C=O) groups excluding carboxylic acids is 1. The largest absolute Gasteiger partial charge is 0.490 e. The van der Waals surface area contributed by atoms with E-state index in [1.165, 1.54) is 6.07 Å². The van der Waals surface area contributed by atoms with Crippen LogP contribution in [-0.4, -0.2) is 45.7 Å². The van der Waals surface area contributed by atoms with Gasteiger partial charge >= 0.3 is 0 Å². The summed E-state index contributed by atoms with van der Waals surface area (Å²) >= 11 is 0. The summed E-state index contributed by atoms with van der Waals surface area (Å²) in [5.41, 5.74) is 1.33. The lowest BCUT2D eigenvalue weighted by molar-refractivity contribution is -0.117. The van der Waals surface area contributed by atoms with Crippen molar-refractivity contribution in [2.24, 2.45) is 0 Å². The van der Waals surface area contributed by atoms with E-state index in [0.717, 1.165) is 17.6 Å². The van der Waals surface area contributed by atoms with Crippen molar-refractivity contribution in [3.05, 3.63) is 66.7 Å². The van der Waals surface area contributed by atoms with Gasteiger partial charge in [-0.05, 0) is 36.9 Å². The van der Waals surface area contributed by atoms with Crippen molar-refractivity contribution in [2.75, 3.05) is 31.8 Å². The molecule has 7 heteroatoms. The van der Waals surface area contributed by atoms with E-state index in [2.05, 4.69) is 11.9 Å². The minimum Gasteiger partial charge on any atom is -0.490 e. The summed E-state index contributed by atoms with van der Waals surface area (Å²) in [7, 11) is -1.59. The van der Waals surface area contributed by atoms with Gasteiger partial charge < -0.3 is 10.1 Å². The predicted octanol–water partition coefficient (Wildman–Crippen LogP) is 2.73. The normalized spacial score (nSPS) is 11.2. The molecule has 2 rings (SSSR count). The molecule has 1 N–H and O–H groups in total. The SMILES string of the molecule is C=CCOc1ccc(CN(C)CC(=O)Nc2ccccc2S(C)(=O)=O)cc1. The van der Waals surface area contributed by atoms with E-state index in [4.69, 9.17) is 4.74 Å². The maximum Gasteiger partial charge on any atom is 0.238 e. The second-order valence-corrected chi connectivity index (χ2v) is 8.22. The number of rotatable bonds is 9. The van der Waals surface area contributed by atoms with Crippen molar-refractivity contribution < 1.29 is 17.9 Å². The predicted molar refractivity (Wildman–Crippen MR) is 107 cm³/mol. The Balaban J connectivity index is 1.93. The Bertz CT molecular complexity index is 892. The number of nitrogens with zero attached hydrogens (tertiary/aromatic N) is 1. The number of anilines is 1. The topological polar surface area (TPSA) is 75.7 Å². The smallest absolute Gasteiger partial charge is 0.238 e. The van der Waals surface area contributed by atoms with Crippen LogP contribution in [-0.2, 0) is 21.2 Å². The van der Waals surface area contributed by atoms with Gasteiger partial charge in [-0.15, -0.1) is 0 Å². The molecule has 0 aliphatic carbocycles. The van der Waals surface area contributed by atoms with Gasteiger partial charge in [0, 0.05) is 12.8 Å². The van der Waals surface area contributed by atoms with Crippen LogP contribution in [0, 0.1) is 0 Å². The molecule has 0 spiro atoms. The molecular weight excluding hydrogens is 364 g/mol. The number of para-hydroxylation sites is 1. The van der Waals surface area contributed by atoms with Crippen molar-refractivity contribution in [1.82, 2.24) is 4.90 Å². The molecular formula is C20H24N2O4S. The molecule has 27 heavy (non-hydrogen) atoms. The first kappa shape index (κ1) is 20.7. The number of amides is 1. The van der Waals surface area contributed by atoms with Crippen molar-refractivity contribution >= 4 is 21.4 Å². The Morgan fingerprint density at radius 3 is 2.48 bits per heavy atom. The maximum absolute atomic E-state index is 12.3. The third-order valence-electron chi connectivity index (χ3n) is 3.72. The van der Waals surface area contributed by atoms with Crippen molar-refractivity contribution in [1.29, 1.82) is 0 Å². The van der Waals surface area contributed by atoms with Crippen LogP contribution < -0.4 is 10.1 Å². The van der Waals surface area contributed by atoms with E-state index in [1.54, 1.807) is 24.3 Å². The van der Waals surface area contributed by atoms with Gasteiger partial charge in [0.1, 0.15) is 12.4 Å². The Labute approximate surface area is 160 Å². The molecule has 2 aromatic carbocycles. The molecule has 0 fully saturated rings. The third-order valence-corrected chi connectivity index (χ3v) is 4.87. The Kier molecular flexibility index (Phi) is 7.15. The minimum atomic E-state index is -3.41. The summed E-state index contributed by atoms with van der Waals surface area (Å²) in [4.78, 5) is 14.2. The third kappa shape index (κ3) is 6.54. The maximum atomic E-state index is 12.3. The van der Waals surface area contributed by atoms with Crippen LogP contribution in [0.2, 0.25) is 0 Å². The highest BCUT2D eigenvalue weighted by Gasteiger charge is 2.15. The number of carbonyl (C=O) groups is 1. The molecule has 1 amide bonds. The van der Waals surface area contributed by atoms with Crippen LogP contribution in [0.15, 0.2) is 66.1 Å². The van der Waals surface area contributed by atoms with E-state index in [9.17, 15) is 13.2 Å². The number of nitrogens with one attached hydrogen (secondary N) is 1. The average molecular weight is 388 g/mol. The molecule has 2 aromatic rings. The van der Waals surface area contributed by atoms with Crippen LogP contribution in [0.25, 0.3) is 0 Å². The molecule has 0 aliphatic rings. The Morgan fingerprint density at radius 2 is 1.85 bits per heavy atom. The van der Waals surface area contributed by atoms with Gasteiger partial charge in [-0.2, -0.15) is 0 Å². The fourth-order valence-electron chi connectivity index (χ4n) is 2.54. The van der Waals surface area contributed by atoms with Gasteiger partial charge in [0.25, 0.3) is 0 Å². The average Bonchev–Trinajstić information content (AvgIpc) is 2.60. The van der Waals surface area contributed by atoms with Crippen molar-refractivity contribution in [3.8, 4) is 5.75 Å². The molecule has 0 aliphatic heterocycles. The van der Waals surface area contributed by atoms with Crippen LogP contribution in [0.4, 0.5) is 5.69 Å². The fourth-order valence-corrected chi connectivity index (χ4v) is 3.39. The van der Waals surface area contributed by atoms with Crippen molar-refractivity contribution in [3.63, 3.8) is 0 Å². The lowest BCUT2D eigenvalue weighted by Gasteiger charge is -2.17. The van der Waals surface area contributed by atoms with E-state index in [0.29, 0.717) is 18.8 Å². The summed E-state index contributed by atoms with van der Waals surface area (Å²) in [6.07, 6.45) is 2.80. The Hall–Kier alpha value is -2.64. The second-order valence-electron chi connectivity index (χ2n) is 6.23. The minimum absolute atomic E-state index is 0.108. The fraction of sp³-hybridized carbons (Fsp3) is 0.250. The van der Waals surface area contributed by atoms with Crippen LogP contribution in [0.3, 0.4) is 0 Å². The molecule has 0 aromatic heterocycles. The molecule has 144 valence electrons. The molecule has 0 saturated carbocycles. The van der Waals surface area contributed by atoms with Crippen LogP contribution in [0.1, 0.15) is 5.56 Å². The molecule has 0 unspecified atom stereocenters. The summed E-state index contributed by atoms with van der Waals surface area (Å²) in [5, 5.41) is 2.68. The monoisotopic (exact) mass is 388 g/mol. The summed E-state index contributed by atoms with van der Waals surface area (Å²) in [6, 6.07) is 14.0. The number of hydrogen-bond donors (Lipinski definition) is 1.